The molecule has 0 aromatic heterocycles. The second-order valence-corrected chi connectivity index (χ2v) is 4.17. The van der Waals surface area contributed by atoms with E-state index in [-0.39, 0.29) is 17.1 Å². The number of hydrogen-bond donors (Lipinski definition) is 2. The molecule has 1 aromatic rings. The lowest BCUT2D eigenvalue weighted by Crippen LogP contribution is -2.29. The standard InChI is InChI=1S/C11H12ClFN4O2/c12-8-4-7(5-9(13)6-8)10(11(18)19)15-2-1-3-16-17-14/h4-6,10,15H,1-3H2,(H,18,19). The van der Waals surface area contributed by atoms with Gasteiger partial charge < -0.3 is 10.4 Å². The molecule has 1 unspecified atom stereocenters. The molecule has 0 spiro atoms. The minimum absolute atomic E-state index is 0.136. The first kappa shape index (κ1) is 15.2. The van der Waals surface area contributed by atoms with Crippen LogP contribution in [0.3, 0.4) is 0 Å². The summed E-state index contributed by atoms with van der Waals surface area (Å²) < 4.78 is 13.2. The number of rotatable bonds is 7. The summed E-state index contributed by atoms with van der Waals surface area (Å²) in [4.78, 5) is 13.7. The monoisotopic (exact) mass is 286 g/mol. The van der Waals surface area contributed by atoms with Crippen LogP contribution in [0, 0.1) is 5.82 Å². The fourth-order valence-electron chi connectivity index (χ4n) is 1.53. The van der Waals surface area contributed by atoms with E-state index in [0.29, 0.717) is 13.0 Å². The number of carboxylic acids is 1. The summed E-state index contributed by atoms with van der Waals surface area (Å²) in [5.41, 5.74) is 8.33. The highest BCUT2D eigenvalue weighted by atomic mass is 35.5. The third kappa shape index (κ3) is 5.13. The lowest BCUT2D eigenvalue weighted by molar-refractivity contribution is -0.139. The van der Waals surface area contributed by atoms with Crippen molar-refractivity contribution in [2.75, 3.05) is 13.1 Å². The van der Waals surface area contributed by atoms with Gasteiger partial charge in [-0.25, -0.2) is 4.39 Å². The minimum Gasteiger partial charge on any atom is -0.480 e. The van der Waals surface area contributed by atoms with Gasteiger partial charge in [-0.05, 0) is 42.3 Å². The van der Waals surface area contributed by atoms with Crippen LogP contribution in [0.4, 0.5) is 4.39 Å². The molecular formula is C11H12ClFN4O2. The molecule has 6 nitrogen and oxygen atoms in total. The van der Waals surface area contributed by atoms with Crippen LogP contribution in [-0.4, -0.2) is 24.2 Å². The number of nitrogens with one attached hydrogen (secondary N) is 1. The molecule has 102 valence electrons. The number of carbonyl (C=O) groups is 1. The number of carboxylic acid groups (broad SMARTS) is 1. The van der Waals surface area contributed by atoms with Gasteiger partial charge in [-0.3, -0.25) is 4.79 Å². The van der Waals surface area contributed by atoms with Crippen molar-refractivity contribution in [3.63, 3.8) is 0 Å². The first-order valence-corrected chi connectivity index (χ1v) is 5.85. The highest BCUT2D eigenvalue weighted by Gasteiger charge is 2.19. The average molecular weight is 287 g/mol. The van der Waals surface area contributed by atoms with E-state index in [1.54, 1.807) is 0 Å². The lowest BCUT2D eigenvalue weighted by Gasteiger charge is -2.15. The van der Waals surface area contributed by atoms with Gasteiger partial charge in [-0.2, -0.15) is 0 Å². The van der Waals surface area contributed by atoms with Crippen molar-refractivity contribution in [2.24, 2.45) is 5.11 Å². The molecular weight excluding hydrogens is 275 g/mol. The first-order chi connectivity index (χ1) is 9.04. The van der Waals surface area contributed by atoms with Gasteiger partial charge in [0.15, 0.2) is 0 Å². The van der Waals surface area contributed by atoms with E-state index in [0.717, 1.165) is 12.1 Å². The normalized spacial score (nSPS) is 11.7. The molecule has 0 fully saturated rings. The maximum absolute atomic E-state index is 13.2. The molecule has 19 heavy (non-hydrogen) atoms. The Hall–Kier alpha value is -1.82. The number of azide groups is 1. The Kier molecular flexibility index (Phi) is 6.08. The molecule has 8 heteroatoms. The number of aliphatic carboxylic acids is 1. The third-order valence-electron chi connectivity index (χ3n) is 2.31. The first-order valence-electron chi connectivity index (χ1n) is 5.47. The smallest absolute Gasteiger partial charge is 0.325 e. The van der Waals surface area contributed by atoms with Crippen molar-refractivity contribution < 1.29 is 14.3 Å². The van der Waals surface area contributed by atoms with E-state index in [9.17, 15) is 9.18 Å². The largest absolute Gasteiger partial charge is 0.480 e. The van der Waals surface area contributed by atoms with Crippen molar-refractivity contribution >= 4 is 17.6 Å². The molecule has 0 radical (unpaired) electrons. The molecule has 0 bridgehead atoms. The van der Waals surface area contributed by atoms with E-state index < -0.39 is 17.8 Å². The van der Waals surface area contributed by atoms with Crippen molar-refractivity contribution in [1.29, 1.82) is 0 Å². The van der Waals surface area contributed by atoms with Crippen LogP contribution in [0.25, 0.3) is 10.4 Å². The number of hydrogen-bond acceptors (Lipinski definition) is 3. The van der Waals surface area contributed by atoms with Crippen LogP contribution in [0.2, 0.25) is 5.02 Å². The summed E-state index contributed by atoms with van der Waals surface area (Å²) in [5, 5.41) is 15.3. The zero-order chi connectivity index (χ0) is 14.3. The Morgan fingerprint density at radius 3 is 2.89 bits per heavy atom. The van der Waals surface area contributed by atoms with Crippen LogP contribution in [0.15, 0.2) is 23.3 Å². The van der Waals surface area contributed by atoms with E-state index in [4.69, 9.17) is 22.2 Å². The van der Waals surface area contributed by atoms with Crippen LogP contribution in [0.1, 0.15) is 18.0 Å². The molecule has 0 amide bonds. The Bertz CT molecular complexity index is 485. The maximum atomic E-state index is 13.2. The molecule has 1 aromatic carbocycles. The van der Waals surface area contributed by atoms with Crippen molar-refractivity contribution in [1.82, 2.24) is 5.32 Å². The molecule has 0 aliphatic carbocycles. The summed E-state index contributed by atoms with van der Waals surface area (Å²) in [6.45, 7) is 0.587. The van der Waals surface area contributed by atoms with Crippen LogP contribution < -0.4 is 5.32 Å². The number of halogens is 2. The number of nitrogens with zero attached hydrogens (tertiary/aromatic N) is 3. The highest BCUT2D eigenvalue weighted by molar-refractivity contribution is 6.30. The Morgan fingerprint density at radius 2 is 2.32 bits per heavy atom. The SMILES string of the molecule is [N-]=[N+]=NCCCNC(C(=O)O)c1cc(F)cc(Cl)c1. The predicted octanol–water partition coefficient (Wildman–Crippen LogP) is 2.89. The molecule has 0 aliphatic heterocycles. The van der Waals surface area contributed by atoms with E-state index >= 15 is 0 Å². The van der Waals surface area contributed by atoms with E-state index in [1.807, 2.05) is 0 Å². The summed E-state index contributed by atoms with van der Waals surface area (Å²) >= 11 is 5.69. The summed E-state index contributed by atoms with van der Waals surface area (Å²) in [6, 6.07) is 2.56. The van der Waals surface area contributed by atoms with E-state index in [2.05, 4.69) is 15.3 Å². The van der Waals surface area contributed by atoms with Gasteiger partial charge in [0.25, 0.3) is 0 Å². The molecule has 0 saturated heterocycles. The lowest BCUT2D eigenvalue weighted by atomic mass is 10.1. The molecule has 1 rings (SSSR count). The van der Waals surface area contributed by atoms with Gasteiger partial charge in [0.05, 0.1) is 0 Å². The molecule has 0 heterocycles. The Balaban J connectivity index is 2.71. The second-order valence-electron chi connectivity index (χ2n) is 3.74. The van der Waals surface area contributed by atoms with Gasteiger partial charge in [-0.1, -0.05) is 16.7 Å². The second kappa shape index (κ2) is 7.58. The van der Waals surface area contributed by atoms with Crippen LogP contribution in [0.5, 0.6) is 0 Å². The fourth-order valence-corrected chi connectivity index (χ4v) is 1.76. The summed E-state index contributed by atoms with van der Waals surface area (Å²) in [5.74, 6) is -1.73. The van der Waals surface area contributed by atoms with Crippen molar-refractivity contribution in [3.8, 4) is 0 Å². The fraction of sp³-hybridized carbons (Fsp3) is 0.364. The molecule has 0 aliphatic rings. The van der Waals surface area contributed by atoms with Crippen molar-refractivity contribution in [3.05, 3.63) is 45.0 Å². The average Bonchev–Trinajstić information content (AvgIpc) is 2.31. The van der Waals surface area contributed by atoms with Gasteiger partial charge in [0.1, 0.15) is 11.9 Å². The van der Waals surface area contributed by atoms with Crippen LogP contribution >= 0.6 is 11.6 Å². The number of benzene rings is 1. The zero-order valence-electron chi connectivity index (χ0n) is 9.88. The topological polar surface area (TPSA) is 98.1 Å². The van der Waals surface area contributed by atoms with Crippen molar-refractivity contribution in [2.45, 2.75) is 12.5 Å². The molecule has 0 saturated carbocycles. The quantitative estimate of drug-likeness (QED) is 0.349. The third-order valence-corrected chi connectivity index (χ3v) is 2.53. The zero-order valence-corrected chi connectivity index (χ0v) is 10.6. The summed E-state index contributed by atoms with van der Waals surface area (Å²) in [6.07, 6.45) is 0.483. The minimum atomic E-state index is -1.13. The molecule has 2 N–H and O–H groups in total. The molecule has 1 atom stereocenters. The van der Waals surface area contributed by atoms with Gasteiger partial charge in [0, 0.05) is 16.5 Å². The Labute approximate surface area is 113 Å². The summed E-state index contributed by atoms with van der Waals surface area (Å²) in [7, 11) is 0. The van der Waals surface area contributed by atoms with E-state index in [1.165, 1.54) is 6.07 Å². The van der Waals surface area contributed by atoms with Gasteiger partial charge in [0.2, 0.25) is 0 Å². The highest BCUT2D eigenvalue weighted by Crippen LogP contribution is 2.20. The van der Waals surface area contributed by atoms with Gasteiger partial charge in [-0.15, -0.1) is 0 Å². The van der Waals surface area contributed by atoms with Gasteiger partial charge >= 0.3 is 5.97 Å². The Morgan fingerprint density at radius 1 is 1.58 bits per heavy atom. The van der Waals surface area contributed by atoms with Crippen LogP contribution in [-0.2, 0) is 4.79 Å². The maximum Gasteiger partial charge on any atom is 0.325 e. The predicted molar refractivity (Wildman–Crippen MR) is 68.4 cm³/mol.